The number of hydrogen-bond donors (Lipinski definition) is 1. The number of allylic oxidation sites excluding steroid dienone is 1. The van der Waals surface area contributed by atoms with Gasteiger partial charge in [0.05, 0.1) is 18.0 Å². The molecule has 3 heteroatoms. The van der Waals surface area contributed by atoms with Gasteiger partial charge in [0.2, 0.25) is 0 Å². The lowest BCUT2D eigenvalue weighted by molar-refractivity contribution is 0.116. The molecule has 1 N–H and O–H groups in total. The zero-order chi connectivity index (χ0) is 14.1. The van der Waals surface area contributed by atoms with Gasteiger partial charge in [-0.05, 0) is 45.7 Å². The summed E-state index contributed by atoms with van der Waals surface area (Å²) in [5.41, 5.74) is 2.16. The fourth-order valence-corrected chi connectivity index (χ4v) is 1.57. The highest BCUT2D eigenvalue weighted by atomic mass is 16.5. The van der Waals surface area contributed by atoms with Crippen molar-refractivity contribution in [2.45, 2.75) is 52.3 Å². The predicted molar refractivity (Wildman–Crippen MR) is 79.9 cm³/mol. The zero-order valence-electron chi connectivity index (χ0n) is 12.4. The third-order valence-corrected chi connectivity index (χ3v) is 2.61. The van der Waals surface area contributed by atoms with Crippen molar-refractivity contribution in [2.75, 3.05) is 6.61 Å². The molecule has 3 nitrogen and oxygen atoms in total. The number of hydrogen-bond acceptors (Lipinski definition) is 3. The van der Waals surface area contributed by atoms with Crippen LogP contribution in [0.5, 0.6) is 0 Å². The molecule has 0 aliphatic rings. The highest BCUT2D eigenvalue weighted by Crippen LogP contribution is 2.05. The van der Waals surface area contributed by atoms with Crippen LogP contribution in [-0.2, 0) is 17.9 Å². The molecule has 0 radical (unpaired) electrons. The van der Waals surface area contributed by atoms with Gasteiger partial charge in [-0.15, -0.1) is 6.58 Å². The van der Waals surface area contributed by atoms with Crippen LogP contribution in [0.15, 0.2) is 30.9 Å². The lowest BCUT2D eigenvalue weighted by atomic mass is 10.1. The molecular weight excluding hydrogens is 236 g/mol. The number of aromatic nitrogens is 1. The van der Waals surface area contributed by atoms with Crippen LogP contribution in [0.4, 0.5) is 0 Å². The first-order valence-corrected chi connectivity index (χ1v) is 6.90. The summed E-state index contributed by atoms with van der Waals surface area (Å²) in [4.78, 5) is 4.59. The van der Waals surface area contributed by atoms with Gasteiger partial charge in [-0.1, -0.05) is 12.1 Å². The van der Waals surface area contributed by atoms with E-state index in [1.165, 1.54) is 0 Å². The standard InChI is InChI=1S/C16H26N2O/c1-5-6-7-11-19-13-15-10-8-9-14(18-15)12-17-16(2,3)4/h5,8-10,17H,1,6-7,11-13H2,2-4H3. The zero-order valence-corrected chi connectivity index (χ0v) is 12.4. The molecule has 1 aromatic heterocycles. The number of nitrogens with one attached hydrogen (secondary N) is 1. The summed E-state index contributed by atoms with van der Waals surface area (Å²) in [5.74, 6) is 0. The highest BCUT2D eigenvalue weighted by molar-refractivity contribution is 5.10. The van der Waals surface area contributed by atoms with E-state index in [4.69, 9.17) is 4.74 Å². The number of nitrogens with zero attached hydrogens (tertiary/aromatic N) is 1. The second-order valence-electron chi connectivity index (χ2n) is 5.71. The van der Waals surface area contributed by atoms with Crippen LogP contribution in [0.2, 0.25) is 0 Å². The first-order chi connectivity index (χ1) is 9.01. The molecular formula is C16H26N2O. The van der Waals surface area contributed by atoms with Gasteiger partial charge in [0.1, 0.15) is 0 Å². The van der Waals surface area contributed by atoms with Gasteiger partial charge < -0.3 is 10.1 Å². The van der Waals surface area contributed by atoms with E-state index in [1.807, 2.05) is 24.3 Å². The average Bonchev–Trinajstić information content (AvgIpc) is 2.36. The topological polar surface area (TPSA) is 34.1 Å². The molecule has 0 aromatic carbocycles. The van der Waals surface area contributed by atoms with Crippen molar-refractivity contribution in [2.24, 2.45) is 0 Å². The summed E-state index contributed by atoms with van der Waals surface area (Å²) in [6.07, 6.45) is 3.94. The van der Waals surface area contributed by atoms with Crippen LogP contribution in [0.1, 0.15) is 45.0 Å². The third kappa shape index (κ3) is 7.75. The molecule has 19 heavy (non-hydrogen) atoms. The summed E-state index contributed by atoms with van der Waals surface area (Å²) < 4.78 is 5.59. The number of ether oxygens (including phenoxy) is 1. The summed E-state index contributed by atoms with van der Waals surface area (Å²) in [6, 6.07) is 6.09. The minimum atomic E-state index is 0.110. The van der Waals surface area contributed by atoms with Gasteiger partial charge in [-0.3, -0.25) is 4.98 Å². The first kappa shape index (κ1) is 15.9. The minimum absolute atomic E-state index is 0.110. The fraction of sp³-hybridized carbons (Fsp3) is 0.562. The second kappa shape index (κ2) is 8.08. The molecule has 0 atom stereocenters. The van der Waals surface area contributed by atoms with Gasteiger partial charge in [-0.2, -0.15) is 0 Å². The maximum Gasteiger partial charge on any atom is 0.0887 e. The summed E-state index contributed by atoms with van der Waals surface area (Å²) in [7, 11) is 0. The van der Waals surface area contributed by atoms with E-state index >= 15 is 0 Å². The lowest BCUT2D eigenvalue weighted by Crippen LogP contribution is -2.35. The van der Waals surface area contributed by atoms with Gasteiger partial charge >= 0.3 is 0 Å². The molecule has 0 saturated heterocycles. The molecule has 0 amide bonds. The lowest BCUT2D eigenvalue weighted by Gasteiger charge is -2.20. The summed E-state index contributed by atoms with van der Waals surface area (Å²) in [6.45, 7) is 12.3. The quantitative estimate of drug-likeness (QED) is 0.575. The van der Waals surface area contributed by atoms with Gasteiger partial charge in [0.15, 0.2) is 0 Å². The SMILES string of the molecule is C=CCCCOCc1cccc(CNC(C)(C)C)n1. The molecule has 1 rings (SSSR count). The van der Waals surface area contributed by atoms with Crippen molar-refractivity contribution in [3.8, 4) is 0 Å². The smallest absolute Gasteiger partial charge is 0.0887 e. The Morgan fingerprint density at radius 1 is 1.32 bits per heavy atom. The Balaban J connectivity index is 2.37. The molecule has 1 heterocycles. The molecule has 0 spiro atoms. The molecule has 0 fully saturated rings. The molecule has 0 saturated carbocycles. The minimum Gasteiger partial charge on any atom is -0.375 e. The number of pyridine rings is 1. The normalized spacial score (nSPS) is 11.5. The van der Waals surface area contributed by atoms with Crippen LogP contribution in [0, 0.1) is 0 Å². The molecule has 106 valence electrons. The molecule has 0 aliphatic carbocycles. The Hall–Kier alpha value is -1.19. The van der Waals surface area contributed by atoms with Crippen LogP contribution in [0.25, 0.3) is 0 Å². The van der Waals surface area contributed by atoms with Gasteiger partial charge in [-0.25, -0.2) is 0 Å². The molecule has 0 bridgehead atoms. The molecule has 0 aliphatic heterocycles. The van der Waals surface area contributed by atoms with Gasteiger partial charge in [0, 0.05) is 18.7 Å². The Morgan fingerprint density at radius 3 is 2.74 bits per heavy atom. The Bertz CT molecular complexity index is 383. The van der Waals surface area contributed by atoms with E-state index in [2.05, 4.69) is 37.7 Å². The Labute approximate surface area is 117 Å². The summed E-state index contributed by atoms with van der Waals surface area (Å²) >= 11 is 0. The maximum atomic E-state index is 5.59. The fourth-order valence-electron chi connectivity index (χ4n) is 1.57. The van der Waals surface area contributed by atoms with Crippen LogP contribution < -0.4 is 5.32 Å². The molecule has 0 unspecified atom stereocenters. The van der Waals surface area contributed by atoms with Crippen molar-refractivity contribution < 1.29 is 4.74 Å². The van der Waals surface area contributed by atoms with Gasteiger partial charge in [0.25, 0.3) is 0 Å². The Morgan fingerprint density at radius 2 is 2.05 bits per heavy atom. The van der Waals surface area contributed by atoms with E-state index in [0.29, 0.717) is 6.61 Å². The van der Waals surface area contributed by atoms with E-state index in [-0.39, 0.29) is 5.54 Å². The number of rotatable bonds is 8. The van der Waals surface area contributed by atoms with Crippen LogP contribution >= 0.6 is 0 Å². The van der Waals surface area contributed by atoms with Crippen molar-refractivity contribution in [1.29, 1.82) is 0 Å². The largest absolute Gasteiger partial charge is 0.375 e. The number of unbranched alkanes of at least 4 members (excludes halogenated alkanes) is 1. The second-order valence-corrected chi connectivity index (χ2v) is 5.71. The van der Waals surface area contributed by atoms with E-state index in [9.17, 15) is 0 Å². The van der Waals surface area contributed by atoms with Crippen molar-refractivity contribution in [3.05, 3.63) is 42.2 Å². The monoisotopic (exact) mass is 262 g/mol. The van der Waals surface area contributed by atoms with E-state index in [0.717, 1.165) is 37.4 Å². The van der Waals surface area contributed by atoms with Crippen LogP contribution in [0.3, 0.4) is 0 Å². The van der Waals surface area contributed by atoms with E-state index in [1.54, 1.807) is 0 Å². The van der Waals surface area contributed by atoms with Crippen molar-refractivity contribution >= 4 is 0 Å². The third-order valence-electron chi connectivity index (χ3n) is 2.61. The first-order valence-electron chi connectivity index (χ1n) is 6.90. The predicted octanol–water partition coefficient (Wildman–Crippen LogP) is 3.45. The van der Waals surface area contributed by atoms with E-state index < -0.39 is 0 Å². The Kier molecular flexibility index (Phi) is 6.74. The van der Waals surface area contributed by atoms with Crippen molar-refractivity contribution in [3.63, 3.8) is 0 Å². The highest BCUT2D eigenvalue weighted by Gasteiger charge is 2.08. The summed E-state index contributed by atoms with van der Waals surface area (Å²) in [5, 5.41) is 3.43. The maximum absolute atomic E-state index is 5.59. The van der Waals surface area contributed by atoms with Crippen molar-refractivity contribution in [1.82, 2.24) is 10.3 Å². The molecule has 1 aromatic rings. The van der Waals surface area contributed by atoms with Crippen LogP contribution in [-0.4, -0.2) is 17.1 Å². The average molecular weight is 262 g/mol.